The van der Waals surface area contributed by atoms with E-state index in [-0.39, 0.29) is 16.8 Å². The molecule has 0 spiro atoms. The minimum atomic E-state index is -3.59. The first kappa shape index (κ1) is 18.4. The smallest absolute Gasteiger partial charge is 0.309 e. The number of hydrogen-bond donors (Lipinski definition) is 1. The SMILES string of the molecule is C[C@H](OC(=O)[C@@H]1C[C@H]1C)C(=O)Nc1cccc(S(=O)(=O)N(C)C)c1. The predicted octanol–water partition coefficient (Wildman–Crippen LogP) is 1.46. The quantitative estimate of drug-likeness (QED) is 0.781. The van der Waals surface area contributed by atoms with Gasteiger partial charge in [0.2, 0.25) is 10.0 Å². The molecule has 7 nitrogen and oxygen atoms in total. The number of hydrogen-bond acceptors (Lipinski definition) is 5. The van der Waals surface area contributed by atoms with Crippen molar-refractivity contribution in [3.05, 3.63) is 24.3 Å². The number of anilines is 1. The van der Waals surface area contributed by atoms with Gasteiger partial charge in [-0.15, -0.1) is 0 Å². The lowest BCUT2D eigenvalue weighted by molar-refractivity contribution is -0.154. The summed E-state index contributed by atoms with van der Waals surface area (Å²) in [4.78, 5) is 23.9. The third-order valence-electron chi connectivity index (χ3n) is 3.95. The number of amides is 1. The van der Waals surface area contributed by atoms with E-state index in [1.807, 2.05) is 6.92 Å². The van der Waals surface area contributed by atoms with E-state index in [0.29, 0.717) is 11.6 Å². The Morgan fingerprint density at radius 3 is 2.50 bits per heavy atom. The predicted molar refractivity (Wildman–Crippen MR) is 88.8 cm³/mol. The van der Waals surface area contributed by atoms with Crippen molar-refractivity contribution in [3.63, 3.8) is 0 Å². The number of sulfonamides is 1. The maximum absolute atomic E-state index is 12.1. The molecule has 0 aliphatic heterocycles. The Morgan fingerprint density at radius 1 is 1.33 bits per heavy atom. The zero-order valence-corrected chi connectivity index (χ0v) is 15.0. The maximum atomic E-state index is 12.1. The van der Waals surface area contributed by atoms with Crippen molar-refractivity contribution in [3.8, 4) is 0 Å². The molecule has 24 heavy (non-hydrogen) atoms. The summed E-state index contributed by atoms with van der Waals surface area (Å²) < 4.78 is 30.4. The van der Waals surface area contributed by atoms with Gasteiger partial charge in [-0.2, -0.15) is 0 Å². The zero-order valence-electron chi connectivity index (χ0n) is 14.1. The van der Waals surface area contributed by atoms with Crippen LogP contribution >= 0.6 is 0 Å². The van der Waals surface area contributed by atoms with E-state index in [0.717, 1.165) is 10.7 Å². The molecule has 0 aromatic heterocycles. The van der Waals surface area contributed by atoms with E-state index in [2.05, 4.69) is 5.32 Å². The Hall–Kier alpha value is -1.93. The molecule has 1 aromatic carbocycles. The standard InChI is InChI=1S/C16H22N2O5S/c1-10-8-14(10)16(20)23-11(2)15(19)17-12-6-5-7-13(9-12)24(21,22)18(3)4/h5-7,9-11,14H,8H2,1-4H3,(H,17,19)/t10-,11+,14-/m1/s1. The van der Waals surface area contributed by atoms with Gasteiger partial charge in [0.15, 0.2) is 6.10 Å². The lowest BCUT2D eigenvalue weighted by atomic mass is 10.3. The highest BCUT2D eigenvalue weighted by atomic mass is 32.2. The van der Waals surface area contributed by atoms with Crippen molar-refractivity contribution in [1.82, 2.24) is 4.31 Å². The van der Waals surface area contributed by atoms with E-state index in [4.69, 9.17) is 4.74 Å². The van der Waals surface area contributed by atoms with Gasteiger partial charge < -0.3 is 10.1 Å². The molecule has 1 saturated carbocycles. The molecule has 1 aliphatic carbocycles. The third kappa shape index (κ3) is 4.12. The molecule has 1 N–H and O–H groups in total. The van der Waals surface area contributed by atoms with Gasteiger partial charge in [-0.1, -0.05) is 13.0 Å². The molecule has 3 atom stereocenters. The average Bonchev–Trinajstić information content (AvgIpc) is 3.24. The molecular formula is C16H22N2O5S. The molecule has 8 heteroatoms. The normalized spacial score (nSPS) is 21.2. The van der Waals surface area contributed by atoms with Crippen LogP contribution in [0, 0.1) is 11.8 Å². The van der Waals surface area contributed by atoms with E-state index in [1.165, 1.54) is 39.2 Å². The summed E-state index contributed by atoms with van der Waals surface area (Å²) >= 11 is 0. The molecule has 1 aliphatic rings. The molecule has 0 bridgehead atoms. The minimum Gasteiger partial charge on any atom is -0.452 e. The number of carbonyl (C=O) groups is 2. The second-order valence-electron chi connectivity index (χ2n) is 6.20. The highest BCUT2D eigenvalue weighted by molar-refractivity contribution is 7.89. The van der Waals surface area contributed by atoms with Crippen LogP contribution in [0.2, 0.25) is 0 Å². The molecule has 0 heterocycles. The number of carbonyl (C=O) groups excluding carboxylic acids is 2. The van der Waals surface area contributed by atoms with Gasteiger partial charge in [0.1, 0.15) is 0 Å². The Labute approximate surface area is 142 Å². The molecule has 1 fully saturated rings. The summed E-state index contributed by atoms with van der Waals surface area (Å²) in [5.41, 5.74) is 0.325. The second-order valence-corrected chi connectivity index (χ2v) is 8.35. The summed E-state index contributed by atoms with van der Waals surface area (Å²) in [5, 5.41) is 2.57. The van der Waals surface area contributed by atoms with Gasteiger partial charge in [0, 0.05) is 19.8 Å². The van der Waals surface area contributed by atoms with Crippen molar-refractivity contribution in [1.29, 1.82) is 0 Å². The van der Waals surface area contributed by atoms with Crippen LogP contribution in [0.5, 0.6) is 0 Å². The van der Waals surface area contributed by atoms with E-state index < -0.39 is 22.0 Å². The first-order valence-corrected chi connectivity index (χ1v) is 9.11. The van der Waals surface area contributed by atoms with Gasteiger partial charge >= 0.3 is 5.97 Å². The third-order valence-corrected chi connectivity index (χ3v) is 5.77. The van der Waals surface area contributed by atoms with Crippen LogP contribution in [0.4, 0.5) is 5.69 Å². The van der Waals surface area contributed by atoms with Crippen LogP contribution < -0.4 is 5.32 Å². The second kappa shape index (κ2) is 6.90. The van der Waals surface area contributed by atoms with Gasteiger partial charge in [-0.3, -0.25) is 9.59 Å². The Kier molecular flexibility index (Phi) is 5.29. The highest BCUT2D eigenvalue weighted by Gasteiger charge is 2.41. The maximum Gasteiger partial charge on any atom is 0.309 e. The fourth-order valence-corrected chi connectivity index (χ4v) is 3.10. The Morgan fingerprint density at radius 2 is 1.96 bits per heavy atom. The molecule has 1 aromatic rings. The van der Waals surface area contributed by atoms with E-state index >= 15 is 0 Å². The molecule has 1 amide bonds. The van der Waals surface area contributed by atoms with Crippen LogP contribution in [0.1, 0.15) is 20.3 Å². The van der Waals surface area contributed by atoms with E-state index in [9.17, 15) is 18.0 Å². The molecule has 2 rings (SSSR count). The first-order chi connectivity index (χ1) is 11.1. The van der Waals surface area contributed by atoms with Gasteiger partial charge in [-0.05, 0) is 37.5 Å². The van der Waals surface area contributed by atoms with Crippen LogP contribution in [-0.2, 0) is 24.3 Å². The van der Waals surface area contributed by atoms with Gasteiger partial charge in [0.25, 0.3) is 5.91 Å². The monoisotopic (exact) mass is 354 g/mol. The summed E-state index contributed by atoms with van der Waals surface area (Å²) in [6.45, 7) is 3.44. The van der Waals surface area contributed by atoms with Crippen LogP contribution in [0.15, 0.2) is 29.2 Å². The number of rotatable bonds is 6. The molecule has 0 radical (unpaired) electrons. The number of benzene rings is 1. The number of ether oxygens (including phenoxy) is 1. The van der Waals surface area contributed by atoms with Crippen molar-refractivity contribution >= 4 is 27.6 Å². The summed E-state index contributed by atoms with van der Waals surface area (Å²) in [5.74, 6) is -0.681. The van der Waals surface area contributed by atoms with Crippen LogP contribution in [0.25, 0.3) is 0 Å². The first-order valence-electron chi connectivity index (χ1n) is 7.67. The zero-order chi connectivity index (χ0) is 18.1. The lowest BCUT2D eigenvalue weighted by Crippen LogP contribution is -2.30. The summed E-state index contributed by atoms with van der Waals surface area (Å²) in [6, 6.07) is 5.92. The van der Waals surface area contributed by atoms with Crippen LogP contribution in [-0.4, -0.2) is 44.8 Å². The molecule has 0 saturated heterocycles. The largest absolute Gasteiger partial charge is 0.452 e. The van der Waals surface area contributed by atoms with Crippen molar-refractivity contribution in [2.24, 2.45) is 11.8 Å². The topological polar surface area (TPSA) is 92.8 Å². The van der Waals surface area contributed by atoms with E-state index in [1.54, 1.807) is 6.07 Å². The summed E-state index contributed by atoms with van der Waals surface area (Å²) in [6.07, 6.45) is -0.156. The average molecular weight is 354 g/mol. The molecular weight excluding hydrogens is 332 g/mol. The minimum absolute atomic E-state index is 0.0711. The Bertz CT molecular complexity index is 745. The lowest BCUT2D eigenvalue weighted by Gasteiger charge is -2.15. The molecule has 0 unspecified atom stereocenters. The van der Waals surface area contributed by atoms with Crippen LogP contribution in [0.3, 0.4) is 0 Å². The van der Waals surface area contributed by atoms with Gasteiger partial charge in [-0.25, -0.2) is 12.7 Å². The summed E-state index contributed by atoms with van der Waals surface area (Å²) in [7, 11) is -0.724. The fourth-order valence-electron chi connectivity index (χ4n) is 2.15. The van der Waals surface area contributed by atoms with Crippen molar-refractivity contribution in [2.75, 3.05) is 19.4 Å². The Balaban J connectivity index is 2.02. The van der Waals surface area contributed by atoms with Crippen molar-refractivity contribution in [2.45, 2.75) is 31.3 Å². The fraction of sp³-hybridized carbons (Fsp3) is 0.500. The number of nitrogens with one attached hydrogen (secondary N) is 1. The molecule has 132 valence electrons. The number of nitrogens with zero attached hydrogens (tertiary/aromatic N) is 1. The van der Waals surface area contributed by atoms with Crippen molar-refractivity contribution < 1.29 is 22.7 Å². The highest BCUT2D eigenvalue weighted by Crippen LogP contribution is 2.38. The number of esters is 1. The van der Waals surface area contributed by atoms with Gasteiger partial charge in [0.05, 0.1) is 10.8 Å².